The molecule has 0 bridgehead atoms. The van der Waals surface area contributed by atoms with Crippen LogP contribution in [0.3, 0.4) is 0 Å². The van der Waals surface area contributed by atoms with Gasteiger partial charge in [-0.3, -0.25) is 0 Å². The van der Waals surface area contributed by atoms with Crippen LogP contribution in [0.15, 0.2) is 18.2 Å². The highest BCUT2D eigenvalue weighted by molar-refractivity contribution is 5.30. The Labute approximate surface area is 98.7 Å². The molecule has 1 rings (SSSR count). The Morgan fingerprint density at radius 2 is 2.00 bits per heavy atom. The lowest BCUT2D eigenvalue weighted by Crippen LogP contribution is -2.44. The number of aryl methyl sites for hydroxylation is 2. The molecule has 90 valence electrons. The van der Waals surface area contributed by atoms with Crippen molar-refractivity contribution in [3.63, 3.8) is 0 Å². The monoisotopic (exact) mass is 221 g/mol. The van der Waals surface area contributed by atoms with Crippen LogP contribution < -0.4 is 5.32 Å². The first-order valence-electron chi connectivity index (χ1n) is 5.93. The molecule has 1 atom stereocenters. The van der Waals surface area contributed by atoms with E-state index < -0.39 is 0 Å². The summed E-state index contributed by atoms with van der Waals surface area (Å²) in [5.74, 6) is 0. The first-order valence-corrected chi connectivity index (χ1v) is 5.93. The van der Waals surface area contributed by atoms with E-state index in [-0.39, 0.29) is 12.1 Å². The summed E-state index contributed by atoms with van der Waals surface area (Å²) < 4.78 is 0. The molecule has 0 aliphatic rings. The molecule has 16 heavy (non-hydrogen) atoms. The topological polar surface area (TPSA) is 32.3 Å². The van der Waals surface area contributed by atoms with Gasteiger partial charge in [0.1, 0.15) is 0 Å². The Morgan fingerprint density at radius 1 is 1.31 bits per heavy atom. The normalized spacial score (nSPS) is 14.8. The van der Waals surface area contributed by atoms with Gasteiger partial charge in [-0.1, -0.05) is 30.7 Å². The van der Waals surface area contributed by atoms with Crippen LogP contribution in [0.1, 0.15) is 37.0 Å². The van der Waals surface area contributed by atoms with E-state index in [9.17, 15) is 5.11 Å². The zero-order chi connectivity index (χ0) is 12.2. The molecule has 0 saturated carbocycles. The number of nitrogens with one attached hydrogen (secondary N) is 1. The van der Waals surface area contributed by atoms with Gasteiger partial charge < -0.3 is 10.4 Å². The molecule has 0 aliphatic heterocycles. The average molecular weight is 221 g/mol. The maximum Gasteiger partial charge on any atom is 0.0610 e. The number of rotatable bonds is 5. The minimum atomic E-state index is -0.169. The smallest absolute Gasteiger partial charge is 0.0610 e. The third kappa shape index (κ3) is 3.32. The number of hydrogen-bond acceptors (Lipinski definition) is 2. The quantitative estimate of drug-likeness (QED) is 0.801. The van der Waals surface area contributed by atoms with E-state index in [1.807, 2.05) is 0 Å². The zero-order valence-electron chi connectivity index (χ0n) is 10.8. The molecule has 2 nitrogen and oxygen atoms in total. The van der Waals surface area contributed by atoms with Crippen LogP contribution in [0.2, 0.25) is 0 Å². The lowest BCUT2D eigenvalue weighted by atomic mass is 9.99. The maximum atomic E-state index is 9.31. The zero-order valence-corrected chi connectivity index (χ0v) is 10.8. The van der Waals surface area contributed by atoms with Crippen LogP contribution in [0.5, 0.6) is 0 Å². The lowest BCUT2D eigenvalue weighted by molar-refractivity contribution is 0.169. The van der Waals surface area contributed by atoms with Gasteiger partial charge in [-0.25, -0.2) is 0 Å². The highest BCUT2D eigenvalue weighted by atomic mass is 16.3. The number of aliphatic hydroxyl groups excluding tert-OH is 1. The molecule has 0 amide bonds. The van der Waals surface area contributed by atoms with E-state index in [2.05, 4.69) is 51.2 Å². The Balaban J connectivity index is 2.67. The van der Waals surface area contributed by atoms with Crippen LogP contribution in [-0.4, -0.2) is 17.3 Å². The third-order valence-corrected chi connectivity index (χ3v) is 3.33. The van der Waals surface area contributed by atoms with Crippen molar-refractivity contribution in [3.8, 4) is 0 Å². The molecule has 0 spiro atoms. The largest absolute Gasteiger partial charge is 0.394 e. The van der Waals surface area contributed by atoms with Gasteiger partial charge in [-0.15, -0.1) is 0 Å². The Hall–Kier alpha value is -0.860. The van der Waals surface area contributed by atoms with E-state index in [1.165, 1.54) is 16.7 Å². The van der Waals surface area contributed by atoms with Gasteiger partial charge in [-0.05, 0) is 38.3 Å². The highest BCUT2D eigenvalue weighted by Gasteiger charge is 2.19. The Bertz CT molecular complexity index is 343. The SMILES string of the molecule is CCC(C)(CO)NCc1ccc(C)cc1C. The van der Waals surface area contributed by atoms with Crippen molar-refractivity contribution >= 4 is 0 Å². The fraction of sp³-hybridized carbons (Fsp3) is 0.571. The molecule has 1 aromatic rings. The summed E-state index contributed by atoms with van der Waals surface area (Å²) in [6, 6.07) is 6.48. The van der Waals surface area contributed by atoms with Crippen LogP contribution in [0.25, 0.3) is 0 Å². The fourth-order valence-corrected chi connectivity index (χ4v) is 1.65. The average Bonchev–Trinajstić information content (AvgIpc) is 2.27. The van der Waals surface area contributed by atoms with Crippen molar-refractivity contribution in [2.45, 2.75) is 46.2 Å². The van der Waals surface area contributed by atoms with Gasteiger partial charge >= 0.3 is 0 Å². The van der Waals surface area contributed by atoms with Crippen LogP contribution in [0.4, 0.5) is 0 Å². The van der Waals surface area contributed by atoms with Crippen LogP contribution in [-0.2, 0) is 6.54 Å². The molecular formula is C14H23NO. The second kappa shape index (κ2) is 5.46. The molecule has 2 heteroatoms. The molecule has 0 aromatic heterocycles. The number of benzene rings is 1. The van der Waals surface area contributed by atoms with Gasteiger partial charge in [-0.2, -0.15) is 0 Å². The van der Waals surface area contributed by atoms with Crippen molar-refractivity contribution in [3.05, 3.63) is 34.9 Å². The lowest BCUT2D eigenvalue weighted by Gasteiger charge is -2.27. The highest BCUT2D eigenvalue weighted by Crippen LogP contribution is 2.13. The van der Waals surface area contributed by atoms with Gasteiger partial charge in [0, 0.05) is 12.1 Å². The van der Waals surface area contributed by atoms with E-state index in [4.69, 9.17) is 0 Å². The minimum absolute atomic E-state index is 0.169. The van der Waals surface area contributed by atoms with Crippen molar-refractivity contribution < 1.29 is 5.11 Å². The van der Waals surface area contributed by atoms with E-state index in [1.54, 1.807) is 0 Å². The summed E-state index contributed by atoms with van der Waals surface area (Å²) in [7, 11) is 0. The van der Waals surface area contributed by atoms with E-state index >= 15 is 0 Å². The first kappa shape index (κ1) is 13.2. The molecule has 0 heterocycles. The standard InChI is InChI=1S/C14H23NO/c1-5-14(4,10-16)15-9-13-7-6-11(2)8-12(13)3/h6-8,15-16H,5,9-10H2,1-4H3. The summed E-state index contributed by atoms with van der Waals surface area (Å²) in [6.07, 6.45) is 0.925. The molecule has 1 unspecified atom stereocenters. The van der Waals surface area contributed by atoms with Gasteiger partial charge in [0.2, 0.25) is 0 Å². The third-order valence-electron chi connectivity index (χ3n) is 3.33. The van der Waals surface area contributed by atoms with Crippen molar-refractivity contribution in [1.29, 1.82) is 0 Å². The van der Waals surface area contributed by atoms with E-state index in [0.717, 1.165) is 13.0 Å². The number of hydrogen-bond donors (Lipinski definition) is 2. The Morgan fingerprint density at radius 3 is 2.50 bits per heavy atom. The Kier molecular flexibility index (Phi) is 4.51. The van der Waals surface area contributed by atoms with Crippen LogP contribution in [0, 0.1) is 13.8 Å². The summed E-state index contributed by atoms with van der Waals surface area (Å²) in [5.41, 5.74) is 3.74. The predicted molar refractivity (Wildman–Crippen MR) is 68.5 cm³/mol. The van der Waals surface area contributed by atoms with Crippen molar-refractivity contribution in [1.82, 2.24) is 5.32 Å². The summed E-state index contributed by atoms with van der Waals surface area (Å²) in [4.78, 5) is 0. The van der Waals surface area contributed by atoms with Gasteiger partial charge in [0.15, 0.2) is 0 Å². The molecular weight excluding hydrogens is 198 g/mol. The van der Waals surface area contributed by atoms with Gasteiger partial charge in [0.25, 0.3) is 0 Å². The minimum Gasteiger partial charge on any atom is -0.394 e. The maximum absolute atomic E-state index is 9.31. The number of aliphatic hydroxyl groups is 1. The fourth-order valence-electron chi connectivity index (χ4n) is 1.65. The summed E-state index contributed by atoms with van der Waals surface area (Å²) in [6.45, 7) is 9.37. The summed E-state index contributed by atoms with van der Waals surface area (Å²) in [5, 5.41) is 12.7. The molecule has 0 aliphatic carbocycles. The summed E-state index contributed by atoms with van der Waals surface area (Å²) >= 11 is 0. The second-order valence-corrected chi connectivity index (χ2v) is 4.86. The molecule has 0 saturated heterocycles. The van der Waals surface area contributed by atoms with Crippen LogP contribution >= 0.6 is 0 Å². The van der Waals surface area contributed by atoms with Crippen molar-refractivity contribution in [2.24, 2.45) is 0 Å². The van der Waals surface area contributed by atoms with Gasteiger partial charge in [0.05, 0.1) is 6.61 Å². The second-order valence-electron chi connectivity index (χ2n) is 4.86. The molecule has 1 aromatic carbocycles. The molecule has 0 fully saturated rings. The first-order chi connectivity index (χ1) is 7.50. The predicted octanol–water partition coefficient (Wildman–Crippen LogP) is 2.55. The molecule has 0 radical (unpaired) electrons. The van der Waals surface area contributed by atoms with Crippen molar-refractivity contribution in [2.75, 3.05) is 6.61 Å². The molecule has 2 N–H and O–H groups in total. The van der Waals surface area contributed by atoms with E-state index in [0.29, 0.717) is 0 Å².